The number of rotatable bonds is 3. The van der Waals surface area contributed by atoms with Gasteiger partial charge in [-0.25, -0.2) is 0 Å². The molecule has 1 aliphatic heterocycles. The Morgan fingerprint density at radius 3 is 2.75 bits per heavy atom. The summed E-state index contributed by atoms with van der Waals surface area (Å²) in [6, 6.07) is 3.88. The largest absolute Gasteiger partial charge is 0.489 e. The number of halogens is 1. The zero-order valence-corrected chi connectivity index (χ0v) is 13.1. The molecule has 0 saturated carbocycles. The van der Waals surface area contributed by atoms with Crippen LogP contribution < -0.4 is 14.8 Å². The van der Waals surface area contributed by atoms with Crippen molar-refractivity contribution in [3.63, 3.8) is 0 Å². The molecule has 1 heterocycles. The van der Waals surface area contributed by atoms with Gasteiger partial charge in [0.1, 0.15) is 0 Å². The Balaban J connectivity index is 2.08. The first-order chi connectivity index (χ1) is 9.46. The molecule has 110 valence electrons. The summed E-state index contributed by atoms with van der Waals surface area (Å²) in [6.07, 6.45) is 5.01. The number of hydrogen-bond acceptors (Lipinski definition) is 3. The second kappa shape index (κ2) is 6.51. The van der Waals surface area contributed by atoms with Crippen LogP contribution in [0.3, 0.4) is 0 Å². The maximum absolute atomic E-state index is 6.25. The fourth-order valence-electron chi connectivity index (χ4n) is 1.91. The predicted octanol–water partition coefficient (Wildman–Crippen LogP) is 3.90. The number of hydrogen-bond donors (Lipinski definition) is 1. The molecule has 3 nitrogen and oxygen atoms in total. The van der Waals surface area contributed by atoms with Gasteiger partial charge >= 0.3 is 0 Å². The number of nitrogens with one attached hydrogen (secondary N) is 1. The lowest BCUT2D eigenvalue weighted by Crippen LogP contribution is -2.35. The van der Waals surface area contributed by atoms with Gasteiger partial charge in [0, 0.05) is 18.5 Å². The SMILES string of the molecule is CC(C)(C)NCC=Cc1cc(Cl)c2c(c1)OCCCO2. The molecular formula is C16H22ClNO2. The predicted molar refractivity (Wildman–Crippen MR) is 83.8 cm³/mol. The van der Waals surface area contributed by atoms with E-state index in [0.29, 0.717) is 24.0 Å². The Bertz CT molecular complexity index is 492. The third kappa shape index (κ3) is 4.43. The second-order valence-corrected chi connectivity index (χ2v) is 6.32. The third-order valence-corrected chi connectivity index (χ3v) is 3.17. The average molecular weight is 296 g/mol. The van der Waals surface area contributed by atoms with E-state index in [-0.39, 0.29) is 5.54 Å². The van der Waals surface area contributed by atoms with Crippen molar-refractivity contribution in [1.82, 2.24) is 5.32 Å². The van der Waals surface area contributed by atoms with Crippen LogP contribution in [0.4, 0.5) is 0 Å². The van der Waals surface area contributed by atoms with Crippen LogP contribution >= 0.6 is 11.6 Å². The monoisotopic (exact) mass is 295 g/mol. The summed E-state index contributed by atoms with van der Waals surface area (Å²) in [7, 11) is 0. The molecule has 0 spiro atoms. The van der Waals surface area contributed by atoms with Crippen molar-refractivity contribution in [2.45, 2.75) is 32.7 Å². The highest BCUT2D eigenvalue weighted by molar-refractivity contribution is 6.32. The van der Waals surface area contributed by atoms with Gasteiger partial charge in [-0.1, -0.05) is 23.8 Å². The van der Waals surface area contributed by atoms with E-state index in [9.17, 15) is 0 Å². The summed E-state index contributed by atoms with van der Waals surface area (Å²) < 4.78 is 11.3. The van der Waals surface area contributed by atoms with Crippen molar-refractivity contribution in [2.24, 2.45) is 0 Å². The molecule has 0 amide bonds. The number of benzene rings is 1. The topological polar surface area (TPSA) is 30.5 Å². The van der Waals surface area contributed by atoms with Crippen molar-refractivity contribution in [3.8, 4) is 11.5 Å². The molecule has 0 fully saturated rings. The highest BCUT2D eigenvalue weighted by Gasteiger charge is 2.14. The first-order valence-electron chi connectivity index (χ1n) is 6.96. The summed E-state index contributed by atoms with van der Waals surface area (Å²) in [5, 5.41) is 4.01. The Labute approximate surface area is 125 Å². The van der Waals surface area contributed by atoms with Crippen LogP contribution in [0.25, 0.3) is 6.08 Å². The van der Waals surface area contributed by atoms with Crippen molar-refractivity contribution in [3.05, 3.63) is 28.8 Å². The van der Waals surface area contributed by atoms with Crippen molar-refractivity contribution >= 4 is 17.7 Å². The Hall–Kier alpha value is -1.19. The molecular weight excluding hydrogens is 274 g/mol. The molecule has 1 aromatic rings. The Kier molecular flexibility index (Phi) is 4.95. The van der Waals surface area contributed by atoms with Crippen molar-refractivity contribution < 1.29 is 9.47 Å². The zero-order chi connectivity index (χ0) is 14.6. The number of ether oxygens (including phenoxy) is 2. The van der Waals surface area contributed by atoms with Crippen LogP contribution in [0.2, 0.25) is 5.02 Å². The van der Waals surface area contributed by atoms with Gasteiger partial charge in [-0.05, 0) is 38.5 Å². The molecule has 0 atom stereocenters. The maximum Gasteiger partial charge on any atom is 0.179 e. The van der Waals surface area contributed by atoms with E-state index < -0.39 is 0 Å². The summed E-state index contributed by atoms with van der Waals surface area (Å²) >= 11 is 6.25. The van der Waals surface area contributed by atoms with Gasteiger partial charge in [0.15, 0.2) is 11.5 Å². The summed E-state index contributed by atoms with van der Waals surface area (Å²) in [6.45, 7) is 8.57. The highest BCUT2D eigenvalue weighted by atomic mass is 35.5. The lowest BCUT2D eigenvalue weighted by atomic mass is 10.1. The quantitative estimate of drug-likeness (QED) is 0.917. The summed E-state index contributed by atoms with van der Waals surface area (Å²) in [4.78, 5) is 0. The van der Waals surface area contributed by atoms with Crippen LogP contribution in [-0.4, -0.2) is 25.3 Å². The van der Waals surface area contributed by atoms with E-state index in [1.807, 2.05) is 18.2 Å². The third-order valence-electron chi connectivity index (χ3n) is 2.89. The molecule has 0 saturated heterocycles. The summed E-state index contributed by atoms with van der Waals surface area (Å²) in [5.74, 6) is 1.40. The molecule has 0 aliphatic carbocycles. The molecule has 20 heavy (non-hydrogen) atoms. The smallest absolute Gasteiger partial charge is 0.179 e. The molecule has 4 heteroatoms. The van der Waals surface area contributed by atoms with E-state index in [0.717, 1.165) is 24.3 Å². The van der Waals surface area contributed by atoms with E-state index in [4.69, 9.17) is 21.1 Å². The molecule has 1 N–H and O–H groups in total. The maximum atomic E-state index is 6.25. The fraction of sp³-hybridized carbons (Fsp3) is 0.500. The van der Waals surface area contributed by atoms with Crippen LogP contribution in [0.15, 0.2) is 18.2 Å². The van der Waals surface area contributed by atoms with E-state index >= 15 is 0 Å². The van der Waals surface area contributed by atoms with Gasteiger partial charge in [-0.15, -0.1) is 0 Å². The van der Waals surface area contributed by atoms with Crippen LogP contribution in [0, 0.1) is 0 Å². The van der Waals surface area contributed by atoms with E-state index in [1.54, 1.807) is 0 Å². The van der Waals surface area contributed by atoms with Crippen molar-refractivity contribution in [1.29, 1.82) is 0 Å². The molecule has 0 unspecified atom stereocenters. The molecule has 0 radical (unpaired) electrons. The normalized spacial score (nSPS) is 15.4. The van der Waals surface area contributed by atoms with Gasteiger partial charge in [-0.2, -0.15) is 0 Å². The lowest BCUT2D eigenvalue weighted by Gasteiger charge is -2.18. The first-order valence-corrected chi connectivity index (χ1v) is 7.34. The van der Waals surface area contributed by atoms with Gasteiger partial charge in [0.2, 0.25) is 0 Å². The highest BCUT2D eigenvalue weighted by Crippen LogP contribution is 2.38. The van der Waals surface area contributed by atoms with Gasteiger partial charge < -0.3 is 14.8 Å². The Morgan fingerprint density at radius 1 is 1.25 bits per heavy atom. The van der Waals surface area contributed by atoms with Crippen LogP contribution in [-0.2, 0) is 0 Å². The zero-order valence-electron chi connectivity index (χ0n) is 12.3. The second-order valence-electron chi connectivity index (χ2n) is 5.91. The van der Waals surface area contributed by atoms with Gasteiger partial charge in [0.05, 0.1) is 18.2 Å². The van der Waals surface area contributed by atoms with E-state index in [2.05, 4.69) is 32.2 Å². The Morgan fingerprint density at radius 2 is 2.00 bits per heavy atom. The summed E-state index contributed by atoms with van der Waals surface area (Å²) in [5.41, 5.74) is 1.14. The van der Waals surface area contributed by atoms with Gasteiger partial charge in [0.25, 0.3) is 0 Å². The average Bonchev–Trinajstić information content (AvgIpc) is 2.59. The number of fused-ring (bicyclic) bond motifs is 1. The van der Waals surface area contributed by atoms with Gasteiger partial charge in [-0.3, -0.25) is 0 Å². The minimum atomic E-state index is 0.118. The fourth-order valence-corrected chi connectivity index (χ4v) is 2.18. The standard InChI is InChI=1S/C16H22ClNO2/c1-16(2,3)18-7-4-6-12-10-13(17)15-14(11-12)19-8-5-9-20-15/h4,6,10-11,18H,5,7-9H2,1-3H3. The lowest BCUT2D eigenvalue weighted by molar-refractivity contribution is 0.297. The minimum Gasteiger partial charge on any atom is -0.489 e. The minimum absolute atomic E-state index is 0.118. The van der Waals surface area contributed by atoms with E-state index in [1.165, 1.54) is 0 Å². The first kappa shape index (κ1) is 15.2. The van der Waals surface area contributed by atoms with Crippen molar-refractivity contribution in [2.75, 3.05) is 19.8 Å². The molecule has 1 aromatic carbocycles. The molecule has 1 aliphatic rings. The molecule has 0 aromatic heterocycles. The van der Waals surface area contributed by atoms with Crippen LogP contribution in [0.1, 0.15) is 32.8 Å². The molecule has 0 bridgehead atoms. The van der Waals surface area contributed by atoms with Crippen LogP contribution in [0.5, 0.6) is 11.5 Å². The molecule has 2 rings (SSSR count).